The summed E-state index contributed by atoms with van der Waals surface area (Å²) in [5.41, 5.74) is 4.95. The molecule has 2 fully saturated rings. The molecule has 3 aliphatic heterocycles. The van der Waals surface area contributed by atoms with Gasteiger partial charge >= 0.3 is 12.1 Å². The average Bonchev–Trinajstić information content (AvgIpc) is 3.35. The molecule has 5 atom stereocenters. The van der Waals surface area contributed by atoms with Crippen LogP contribution in [0.25, 0.3) is 0 Å². The van der Waals surface area contributed by atoms with E-state index in [1.54, 1.807) is 0 Å². The first-order valence-electron chi connectivity index (χ1n) is 8.89. The number of guanidine groups is 2. The molecule has 4 rings (SSSR count). The van der Waals surface area contributed by atoms with E-state index < -0.39 is 72.4 Å². The number of aliphatic hydroxyl groups is 2. The zero-order valence-corrected chi connectivity index (χ0v) is 15.3. The lowest BCUT2D eigenvalue weighted by Crippen LogP contribution is -2.76. The Bertz CT molecular complexity index is 813. The molecule has 3 heterocycles. The number of alkyl halides is 3. The van der Waals surface area contributed by atoms with Crippen molar-refractivity contribution in [1.82, 2.24) is 9.96 Å². The lowest BCUT2D eigenvalue weighted by molar-refractivity contribution is -0.239. The molecule has 4 aliphatic rings. The van der Waals surface area contributed by atoms with Gasteiger partial charge in [0.2, 0.25) is 11.6 Å². The largest absolute Gasteiger partial charge is 0.457 e. The Kier molecular flexibility index (Phi) is 3.88. The van der Waals surface area contributed by atoms with Gasteiger partial charge in [-0.25, -0.2) is 9.98 Å². The molecule has 0 amide bonds. The van der Waals surface area contributed by atoms with Gasteiger partial charge in [0, 0.05) is 0 Å². The maximum atomic E-state index is 13.3. The third-order valence-electron chi connectivity index (χ3n) is 6.41. The number of hydrogen-bond acceptors (Lipinski definition) is 11. The minimum absolute atomic E-state index is 0.222. The summed E-state index contributed by atoms with van der Waals surface area (Å²) in [6, 6.07) is -2.12. The molecule has 14 heteroatoms. The summed E-state index contributed by atoms with van der Waals surface area (Å²) < 4.78 is 44.9. The second-order valence-corrected chi connectivity index (χ2v) is 7.94. The summed E-state index contributed by atoms with van der Waals surface area (Å²) >= 11 is 0. The van der Waals surface area contributed by atoms with Crippen molar-refractivity contribution in [2.75, 3.05) is 13.2 Å². The number of nitrogens with zero attached hydrogens (tertiary/aromatic N) is 4. The number of carbonyl (C=O) groups excluding carboxylic acids is 1. The van der Waals surface area contributed by atoms with E-state index in [0.29, 0.717) is 5.06 Å². The number of nitrogens with two attached hydrogens (primary N) is 2. The van der Waals surface area contributed by atoms with E-state index in [9.17, 15) is 33.4 Å². The number of esters is 1. The molecule has 7 N–H and O–H groups in total. The number of rotatable bonds is 3. The van der Waals surface area contributed by atoms with Crippen LogP contribution in [0.15, 0.2) is 9.98 Å². The average molecular weight is 422 g/mol. The molecule has 162 valence electrons. The first kappa shape index (κ1) is 20.0. The number of ether oxygens (including phenoxy) is 1. The fourth-order valence-electron chi connectivity index (χ4n) is 4.56. The standard InChI is InChI=1S/C15H21F3N6O5/c1-12(27)7(29-9(26)13(2-3-13)15(16,17)18)4-23-10(19)21-6(5-25)8-14(12,23)24(28)11(20)22-8/h6-8,25,27-28H,2-5H2,1H3,(H2,19,21)(H2,20,22)/t6-,7-,8?,12-,14?/m0/s1. The summed E-state index contributed by atoms with van der Waals surface area (Å²) in [5, 5.41) is 32.1. The lowest BCUT2D eigenvalue weighted by Gasteiger charge is -2.51. The van der Waals surface area contributed by atoms with E-state index in [1.807, 2.05) is 0 Å². The maximum absolute atomic E-state index is 13.3. The van der Waals surface area contributed by atoms with Gasteiger partial charge in [-0.15, -0.1) is 0 Å². The predicted octanol–water partition coefficient (Wildman–Crippen LogP) is -1.92. The van der Waals surface area contributed by atoms with Crippen LogP contribution in [0, 0.1) is 5.41 Å². The van der Waals surface area contributed by atoms with Gasteiger partial charge < -0.3 is 31.3 Å². The molecular formula is C15H21F3N6O5. The van der Waals surface area contributed by atoms with Crippen molar-refractivity contribution in [3.63, 3.8) is 0 Å². The van der Waals surface area contributed by atoms with Crippen LogP contribution in [0.2, 0.25) is 0 Å². The number of hydrogen-bond donors (Lipinski definition) is 5. The smallest absolute Gasteiger partial charge is 0.404 e. The molecule has 0 aromatic carbocycles. The van der Waals surface area contributed by atoms with Crippen LogP contribution in [0.3, 0.4) is 0 Å². The van der Waals surface area contributed by atoms with Crippen LogP contribution in [-0.2, 0) is 9.53 Å². The number of aliphatic hydroxyl groups excluding tert-OH is 1. The van der Waals surface area contributed by atoms with E-state index in [0.717, 1.165) is 0 Å². The van der Waals surface area contributed by atoms with Crippen molar-refractivity contribution in [3.05, 3.63) is 0 Å². The molecular weight excluding hydrogens is 401 g/mol. The zero-order chi connectivity index (χ0) is 21.6. The van der Waals surface area contributed by atoms with Gasteiger partial charge in [0.1, 0.15) is 17.7 Å². The van der Waals surface area contributed by atoms with Gasteiger partial charge in [0.05, 0.1) is 13.2 Å². The maximum Gasteiger partial charge on any atom is 0.404 e. The van der Waals surface area contributed by atoms with Crippen molar-refractivity contribution in [2.45, 2.75) is 55.4 Å². The van der Waals surface area contributed by atoms with Gasteiger partial charge in [-0.3, -0.25) is 10.0 Å². The number of aliphatic imine (C=N–C) groups is 2. The van der Waals surface area contributed by atoms with E-state index >= 15 is 0 Å². The Hall–Kier alpha value is -2.32. The lowest BCUT2D eigenvalue weighted by atomic mass is 9.79. The van der Waals surface area contributed by atoms with Gasteiger partial charge in [-0.05, 0) is 19.8 Å². The quantitative estimate of drug-likeness (QED) is 0.325. The van der Waals surface area contributed by atoms with E-state index in [2.05, 4.69) is 9.98 Å². The van der Waals surface area contributed by atoms with Gasteiger partial charge in [-0.2, -0.15) is 18.2 Å². The molecule has 11 nitrogen and oxygen atoms in total. The van der Waals surface area contributed by atoms with Crippen LogP contribution in [0.5, 0.6) is 0 Å². The van der Waals surface area contributed by atoms with Crippen LogP contribution < -0.4 is 11.5 Å². The topological polar surface area (TPSA) is 170 Å². The van der Waals surface area contributed by atoms with Crippen LogP contribution in [-0.4, -0.2) is 92.1 Å². The zero-order valence-electron chi connectivity index (χ0n) is 15.3. The molecule has 29 heavy (non-hydrogen) atoms. The second kappa shape index (κ2) is 5.64. The summed E-state index contributed by atoms with van der Waals surface area (Å²) in [6.45, 7) is 0.259. The monoisotopic (exact) mass is 422 g/mol. The molecule has 1 saturated carbocycles. The second-order valence-electron chi connectivity index (χ2n) is 7.94. The SMILES string of the molecule is C[C@]1(O)[C@@H](OC(=O)C2(C(F)(F)F)CC2)CN2C(N)=N[C@@H](CO)C3N=C(N)N(O)C321. The number of carbonyl (C=O) groups is 1. The normalized spacial score (nSPS) is 40.2. The number of hydroxylamine groups is 2. The molecule has 0 bridgehead atoms. The van der Waals surface area contributed by atoms with Gasteiger partial charge in [0.25, 0.3) is 0 Å². The third-order valence-corrected chi connectivity index (χ3v) is 6.41. The Morgan fingerprint density at radius 3 is 2.45 bits per heavy atom. The molecule has 0 aromatic rings. The van der Waals surface area contributed by atoms with Crippen LogP contribution in [0.4, 0.5) is 13.2 Å². The Morgan fingerprint density at radius 2 is 1.93 bits per heavy atom. The van der Waals surface area contributed by atoms with Crippen molar-refractivity contribution in [3.8, 4) is 0 Å². The van der Waals surface area contributed by atoms with Crippen molar-refractivity contribution < 1.29 is 38.1 Å². The van der Waals surface area contributed by atoms with Crippen LogP contribution >= 0.6 is 0 Å². The highest BCUT2D eigenvalue weighted by atomic mass is 19.4. The molecule has 1 saturated heterocycles. The molecule has 1 aliphatic carbocycles. The Labute approximate surface area is 162 Å². The molecule has 0 radical (unpaired) electrons. The Balaban J connectivity index is 1.72. The minimum atomic E-state index is -4.78. The van der Waals surface area contributed by atoms with E-state index in [-0.39, 0.29) is 12.5 Å². The molecule has 1 spiro atoms. The van der Waals surface area contributed by atoms with E-state index in [1.165, 1.54) is 11.8 Å². The minimum Gasteiger partial charge on any atom is -0.457 e. The number of halogens is 3. The third kappa shape index (κ3) is 2.21. The first-order valence-corrected chi connectivity index (χ1v) is 8.89. The summed E-state index contributed by atoms with van der Waals surface area (Å²) in [5.74, 6) is -2.14. The summed E-state index contributed by atoms with van der Waals surface area (Å²) in [4.78, 5) is 21.7. The molecule has 0 aromatic heterocycles. The van der Waals surface area contributed by atoms with Gasteiger partial charge in [-0.1, -0.05) is 0 Å². The molecule has 2 unspecified atom stereocenters. The fourth-order valence-corrected chi connectivity index (χ4v) is 4.56. The summed E-state index contributed by atoms with van der Waals surface area (Å²) in [6.07, 6.45) is -7.10. The Morgan fingerprint density at radius 1 is 1.31 bits per heavy atom. The van der Waals surface area contributed by atoms with Crippen molar-refractivity contribution in [1.29, 1.82) is 0 Å². The van der Waals surface area contributed by atoms with Gasteiger partial charge in [0.15, 0.2) is 17.5 Å². The van der Waals surface area contributed by atoms with Crippen LogP contribution in [0.1, 0.15) is 19.8 Å². The van der Waals surface area contributed by atoms with Crippen molar-refractivity contribution in [2.24, 2.45) is 26.9 Å². The van der Waals surface area contributed by atoms with Crippen molar-refractivity contribution >= 4 is 17.9 Å². The highest BCUT2D eigenvalue weighted by molar-refractivity contribution is 5.87. The fraction of sp³-hybridized carbons (Fsp3) is 0.800. The van der Waals surface area contributed by atoms with E-state index in [4.69, 9.17) is 16.2 Å². The first-order chi connectivity index (χ1) is 13.3. The highest BCUT2D eigenvalue weighted by Gasteiger charge is 2.77. The predicted molar refractivity (Wildman–Crippen MR) is 89.2 cm³/mol. The summed E-state index contributed by atoms with van der Waals surface area (Å²) in [7, 11) is 0. The highest BCUT2D eigenvalue weighted by Crippen LogP contribution is 2.59.